The molecule has 36 nitrogen and oxygen atoms in total. The molecule has 4 atom stereocenters. The Hall–Kier alpha value is -15.1. The lowest BCUT2D eigenvalue weighted by Crippen LogP contribution is -2.37. The molecule has 0 saturated heterocycles. The molecular weight excluding hydrogens is 1980 g/mol. The van der Waals surface area contributed by atoms with E-state index in [-0.39, 0.29) is 115 Å². The van der Waals surface area contributed by atoms with Crippen molar-refractivity contribution in [1.29, 1.82) is 0 Å². The van der Waals surface area contributed by atoms with Crippen LogP contribution in [0.5, 0.6) is 5.88 Å². The fraction of sp³-hybridized carbons (Fsp3) is 0.267. The molecule has 754 valence electrons. The number of ether oxygens (including phenoxy) is 1. The van der Waals surface area contributed by atoms with Crippen molar-refractivity contribution in [3.8, 4) is 50.4 Å². The van der Waals surface area contributed by atoms with Crippen molar-refractivity contribution in [1.82, 2.24) is 88.5 Å². The summed E-state index contributed by atoms with van der Waals surface area (Å²) in [5.41, 5.74) is 12.9. The molecule has 10 aromatic heterocycles. The fourth-order valence-electron chi connectivity index (χ4n) is 15.6. The molecule has 0 spiro atoms. The zero-order valence-electron chi connectivity index (χ0n) is 81.9. The number of aliphatic hydroxyl groups excluding tert-OH is 1. The number of nitrogens with one attached hydrogen (secondary N) is 6. The molecule has 10 heterocycles. The monoisotopic (exact) mass is 2080 g/mol. The molecule has 0 aliphatic carbocycles. The van der Waals surface area contributed by atoms with Gasteiger partial charge in [0.05, 0.1) is 179 Å². The van der Waals surface area contributed by atoms with Gasteiger partial charge in [-0.15, -0.1) is 22.7 Å². The zero-order chi connectivity index (χ0) is 105. The smallest absolute Gasteiger partial charge is 0.263 e. The van der Waals surface area contributed by atoms with Gasteiger partial charge >= 0.3 is 0 Å². The highest BCUT2D eigenvalue weighted by Crippen LogP contribution is 2.37. The van der Waals surface area contributed by atoms with Gasteiger partial charge in [0.25, 0.3) is 42.3 Å². The number of carbonyl (C=O) groups excluding carboxylic acids is 4. The second-order valence-electron chi connectivity index (χ2n) is 34.6. The maximum atomic E-state index is 13.4. The number of pyridine rings is 4. The van der Waals surface area contributed by atoms with Gasteiger partial charge in [-0.25, -0.2) is 60.5 Å². The third kappa shape index (κ3) is 25.6. The number of carbonyl (C=O) groups is 4. The minimum absolute atomic E-state index is 0.0252. The number of hydrogen-bond donors (Lipinski definition) is 7. The summed E-state index contributed by atoms with van der Waals surface area (Å²) in [6.45, 7) is 20.8. The Kier molecular flexibility index (Phi) is 34.1. The average molecular weight is 2090 g/mol. The van der Waals surface area contributed by atoms with Crippen molar-refractivity contribution in [3.63, 3.8) is 0 Å². The van der Waals surface area contributed by atoms with Crippen LogP contribution in [-0.2, 0) is 78.5 Å². The summed E-state index contributed by atoms with van der Waals surface area (Å²) >= 11 is 15.3. The molecule has 16 rings (SSSR count). The molecule has 16 aromatic rings. The van der Waals surface area contributed by atoms with Crippen molar-refractivity contribution in [2.45, 2.75) is 124 Å². The number of aryl methyl sites for hydroxylation is 7. The average Bonchev–Trinajstić information content (AvgIpc) is 1.81. The van der Waals surface area contributed by atoms with E-state index in [4.69, 9.17) is 27.9 Å². The number of sulfonamides is 2. The number of methoxy groups -OCH3 is 1. The second kappa shape index (κ2) is 46.1. The van der Waals surface area contributed by atoms with E-state index >= 15 is 0 Å². The number of halogens is 4. The first-order valence-corrected chi connectivity index (χ1v) is 50.4. The number of anilines is 4. The van der Waals surface area contributed by atoms with Crippen LogP contribution in [-0.4, -0.2) is 179 Å². The first kappa shape index (κ1) is 107. The highest BCUT2D eigenvalue weighted by Gasteiger charge is 2.27. The zero-order valence-corrected chi connectivity index (χ0v) is 86.7. The molecule has 0 aliphatic heterocycles. The van der Waals surface area contributed by atoms with Crippen molar-refractivity contribution in [2.24, 2.45) is 17.8 Å². The van der Waals surface area contributed by atoms with E-state index in [0.717, 1.165) is 107 Å². The van der Waals surface area contributed by atoms with E-state index < -0.39 is 55.2 Å². The Morgan fingerprint density at radius 1 is 0.414 bits per heavy atom. The van der Waals surface area contributed by atoms with Crippen LogP contribution in [0, 0.1) is 77.9 Å². The summed E-state index contributed by atoms with van der Waals surface area (Å²) in [6.07, 6.45) is 10.8. The van der Waals surface area contributed by atoms with Crippen LogP contribution in [0.1, 0.15) is 69.0 Å². The molecule has 0 radical (unpaired) electrons. The summed E-state index contributed by atoms with van der Waals surface area (Å²) in [6, 6.07) is 34.2. The molecule has 145 heavy (non-hydrogen) atoms. The van der Waals surface area contributed by atoms with Crippen molar-refractivity contribution in [2.75, 3.05) is 69.5 Å². The van der Waals surface area contributed by atoms with Crippen LogP contribution in [0.4, 0.5) is 31.5 Å². The van der Waals surface area contributed by atoms with Gasteiger partial charge in [-0.2, -0.15) is 0 Å². The number of thiazole rings is 2. The number of amides is 4. The van der Waals surface area contributed by atoms with E-state index in [9.17, 15) is 69.1 Å². The SMILES string of the molecule is CNC(=O)[C@@H](C)Cn1cnc2ccc(-c3cnc(C)c(NS(=O)(=O)c4ccc(F)cc4Cl)c3)cc2c1=O.CNC(=O)[C@@H](O)Cn1cnc2ccc(-c3cnc(OC)c(NS(=O)(=O)c4ccc(F)cc4Cl)c3)cc2c1=O.Cc1nc(C)c(CNc2cc(-c3ccc4ncn(C[C@@H](C)C(=O)N(C)C)c(=O)c4c3)cnc2C)s1.Cc1nc(C)c(CNc2cc(-c3ccc4ncn(C[C@H](C)C(=O)N(C)C)c(=O)c4c3)cnc2C)s1. The minimum Gasteiger partial charge on any atom is -0.480 e. The molecule has 0 saturated carbocycles. The quantitative estimate of drug-likeness (QED) is 0.0229. The van der Waals surface area contributed by atoms with E-state index in [1.54, 1.807) is 107 Å². The van der Waals surface area contributed by atoms with Crippen LogP contribution in [0.3, 0.4) is 0 Å². The second-order valence-corrected chi connectivity index (χ2v) is 41.2. The molecule has 0 fully saturated rings. The molecule has 4 amide bonds. The van der Waals surface area contributed by atoms with E-state index in [1.807, 2.05) is 104 Å². The Balaban J connectivity index is 0.000000162. The number of likely N-dealkylation sites (N-methyl/N-ethyl adjacent to an activating group) is 1. The lowest BCUT2D eigenvalue weighted by molar-refractivity contribution is -0.133. The lowest BCUT2D eigenvalue weighted by atomic mass is 10.0. The Labute approximate surface area is 850 Å². The molecule has 0 aliphatic rings. The van der Waals surface area contributed by atoms with Gasteiger partial charge in [-0.3, -0.25) is 81.0 Å². The van der Waals surface area contributed by atoms with E-state index in [2.05, 4.69) is 92.7 Å². The molecular formula is C101H104Cl2F2N22O14S4. The van der Waals surface area contributed by atoms with Gasteiger partial charge < -0.3 is 40.9 Å². The predicted molar refractivity (Wildman–Crippen MR) is 559 cm³/mol. The number of fused-ring (bicyclic) bond motifs is 4. The Morgan fingerprint density at radius 2 is 0.731 bits per heavy atom. The van der Waals surface area contributed by atoms with E-state index in [0.29, 0.717) is 79.3 Å². The molecule has 0 unspecified atom stereocenters. The molecule has 7 N–H and O–H groups in total. The maximum absolute atomic E-state index is 13.4. The van der Waals surface area contributed by atoms with E-state index in [1.165, 1.54) is 98.1 Å². The third-order valence-corrected chi connectivity index (χ3v) is 29.3. The maximum Gasteiger partial charge on any atom is 0.263 e. The molecule has 0 bridgehead atoms. The lowest BCUT2D eigenvalue weighted by Gasteiger charge is -2.17. The molecule has 6 aromatic carbocycles. The summed E-state index contributed by atoms with van der Waals surface area (Å²) in [7, 11) is 2.68. The summed E-state index contributed by atoms with van der Waals surface area (Å²) in [4.78, 5) is 150. The van der Waals surface area contributed by atoms with Gasteiger partial charge in [-0.1, -0.05) is 68.2 Å². The number of benzene rings is 6. The first-order chi connectivity index (χ1) is 68.8. The van der Waals surface area contributed by atoms with Gasteiger partial charge in [0.1, 0.15) is 27.1 Å². The predicted octanol–water partition coefficient (Wildman–Crippen LogP) is 14.3. The van der Waals surface area contributed by atoms with Gasteiger partial charge in [-0.05, 0) is 180 Å². The number of aromatic nitrogens is 14. The topological polar surface area (TPSA) is 462 Å². The van der Waals surface area contributed by atoms with Gasteiger partial charge in [0.2, 0.25) is 29.5 Å². The highest BCUT2D eigenvalue weighted by molar-refractivity contribution is 7.93. The summed E-state index contributed by atoms with van der Waals surface area (Å²) < 4.78 is 94.1. The normalized spacial score (nSPS) is 12.2. The molecule has 44 heteroatoms. The summed E-state index contributed by atoms with van der Waals surface area (Å²) in [5.74, 6) is -3.37. The standard InChI is InChI=1S/2C26H30N6O2S.C25H23ClFN5O4S.C24H21ClFN5O6S/c2*1-15(25(33)31(5)6)13-32-14-29-22-8-7-19(9-21(22)26(32)34)20-10-23(16(2)27-11-20)28-12-24-17(3)30-18(4)35-24;1-14(24(33)28-3)12-32-13-30-21-6-4-16(8-19(21)25(32)34)17-9-22(15(2)29-11-17)31-37(35,36)23-7-5-18(27)10-20(23)26;1-27-22(33)20(32)11-31-12-29-18-5-3-13(7-16(18)24(31)34)14-8-19(23(37-2)28-10-14)30-38(35,36)21-6-4-15(26)9-17(21)25/h2*7-11,14-15,28H,12-13H2,1-6H3;4-11,13-14,31H,12H2,1-3H3,(H,28,33);3-10,12,20,30,32H,11H2,1-2H3,(H,27,33)/t2*15-;14-;20-/m1000/s1. The van der Waals surface area contributed by atoms with Crippen LogP contribution < -0.4 is 57.7 Å². The first-order valence-electron chi connectivity index (χ1n) is 45.1. The fourth-order valence-corrected chi connectivity index (χ4v) is 20.5. The Morgan fingerprint density at radius 3 is 1.06 bits per heavy atom. The third-order valence-electron chi connectivity index (χ3n) is 23.4. The Bertz CT molecular complexity index is 7990. The summed E-state index contributed by atoms with van der Waals surface area (Å²) in [5, 5.41) is 24.9. The van der Waals surface area contributed by atoms with Crippen LogP contribution in [0.15, 0.2) is 213 Å². The van der Waals surface area contributed by atoms with Crippen molar-refractivity contribution >= 4 is 156 Å². The van der Waals surface area contributed by atoms with Crippen LogP contribution in [0.25, 0.3) is 88.1 Å². The van der Waals surface area contributed by atoms with Crippen LogP contribution >= 0.6 is 45.9 Å². The number of nitrogens with zero attached hydrogens (tertiary/aromatic N) is 16. The number of rotatable bonds is 29. The minimum atomic E-state index is -4.25. The van der Waals surface area contributed by atoms with Gasteiger partial charge in [0.15, 0.2) is 6.10 Å². The van der Waals surface area contributed by atoms with Crippen LogP contribution in [0.2, 0.25) is 10.0 Å². The number of aliphatic hydroxyl groups is 1. The van der Waals surface area contributed by atoms with Gasteiger partial charge in [0, 0.05) is 119 Å². The highest BCUT2D eigenvalue weighted by atomic mass is 35.5. The number of hydrogen-bond acceptors (Lipinski definition) is 28. The van der Waals surface area contributed by atoms with Crippen molar-refractivity contribution < 1.29 is 54.6 Å². The van der Waals surface area contributed by atoms with Crippen molar-refractivity contribution in [3.05, 3.63) is 295 Å². The largest absolute Gasteiger partial charge is 0.480 e.